The maximum atomic E-state index is 12.2. The predicted octanol–water partition coefficient (Wildman–Crippen LogP) is 5.07. The zero-order valence-corrected chi connectivity index (χ0v) is 17.7. The van der Waals surface area contributed by atoms with Gasteiger partial charge in [-0.3, -0.25) is 0 Å². The molecule has 2 aromatic carbocycles. The highest BCUT2D eigenvalue weighted by molar-refractivity contribution is 5.67. The third kappa shape index (κ3) is 8.00. The zero-order chi connectivity index (χ0) is 21.3. The van der Waals surface area contributed by atoms with Crippen LogP contribution in [0.5, 0.6) is 5.75 Å². The lowest BCUT2D eigenvalue weighted by atomic mass is 10.1. The van der Waals surface area contributed by atoms with Crippen molar-refractivity contribution in [1.82, 2.24) is 4.90 Å². The Kier molecular flexibility index (Phi) is 8.28. The number of carbonyl (C=O) groups is 1. The SMILES string of the molecule is CN(CCC(Oc1ccc(/C=C/CO)cc1)c1ccccc1)C(=O)OC(C)(C)C. The minimum Gasteiger partial charge on any atom is -0.486 e. The van der Waals surface area contributed by atoms with E-state index in [1.54, 1.807) is 18.0 Å². The van der Waals surface area contributed by atoms with E-state index in [2.05, 4.69) is 0 Å². The van der Waals surface area contributed by atoms with Crippen LogP contribution in [0, 0.1) is 0 Å². The standard InChI is InChI=1S/C24H31NO4/c1-24(2,3)29-23(27)25(4)17-16-22(20-10-6-5-7-11-20)28-21-14-12-19(13-15-21)9-8-18-26/h5-15,22,26H,16-18H2,1-4H3/b9-8+. The summed E-state index contributed by atoms with van der Waals surface area (Å²) >= 11 is 0. The molecule has 0 fully saturated rings. The largest absolute Gasteiger partial charge is 0.486 e. The summed E-state index contributed by atoms with van der Waals surface area (Å²) in [5, 5.41) is 8.88. The van der Waals surface area contributed by atoms with Crippen molar-refractivity contribution >= 4 is 12.2 Å². The van der Waals surface area contributed by atoms with Crippen LogP contribution < -0.4 is 4.74 Å². The molecule has 156 valence electrons. The molecular formula is C24H31NO4. The summed E-state index contributed by atoms with van der Waals surface area (Å²) in [7, 11) is 1.73. The van der Waals surface area contributed by atoms with E-state index in [9.17, 15) is 4.79 Å². The van der Waals surface area contributed by atoms with Crippen LogP contribution in [0.2, 0.25) is 0 Å². The fourth-order valence-corrected chi connectivity index (χ4v) is 2.71. The Bertz CT molecular complexity index is 779. The minimum atomic E-state index is -0.521. The smallest absolute Gasteiger partial charge is 0.410 e. The van der Waals surface area contributed by atoms with Crippen LogP contribution in [0.4, 0.5) is 4.79 Å². The quantitative estimate of drug-likeness (QED) is 0.676. The van der Waals surface area contributed by atoms with E-state index in [0.717, 1.165) is 16.9 Å². The Labute approximate surface area is 173 Å². The summed E-state index contributed by atoms with van der Waals surface area (Å²) in [6.45, 7) is 6.08. The molecule has 0 bridgehead atoms. The first kappa shape index (κ1) is 22.5. The Hall–Kier alpha value is -2.79. The summed E-state index contributed by atoms with van der Waals surface area (Å²) in [5.41, 5.74) is 1.52. The molecule has 1 N–H and O–H groups in total. The van der Waals surface area contributed by atoms with Gasteiger partial charge >= 0.3 is 6.09 Å². The Morgan fingerprint density at radius 3 is 2.34 bits per heavy atom. The highest BCUT2D eigenvalue weighted by atomic mass is 16.6. The fraction of sp³-hybridized carbons (Fsp3) is 0.375. The highest BCUT2D eigenvalue weighted by Crippen LogP contribution is 2.26. The van der Waals surface area contributed by atoms with Crippen LogP contribution in [0.1, 0.15) is 44.4 Å². The normalized spacial score (nSPS) is 12.6. The van der Waals surface area contributed by atoms with Gasteiger partial charge in [0.1, 0.15) is 17.5 Å². The molecule has 5 nitrogen and oxygen atoms in total. The van der Waals surface area contributed by atoms with Gasteiger partial charge in [0.2, 0.25) is 0 Å². The average Bonchev–Trinajstić information content (AvgIpc) is 2.69. The van der Waals surface area contributed by atoms with E-state index in [0.29, 0.717) is 13.0 Å². The lowest BCUT2D eigenvalue weighted by Gasteiger charge is -2.26. The molecule has 0 aromatic heterocycles. The molecule has 0 aliphatic rings. The molecule has 1 atom stereocenters. The van der Waals surface area contributed by atoms with Crippen LogP contribution in [0.15, 0.2) is 60.7 Å². The van der Waals surface area contributed by atoms with Crippen molar-refractivity contribution in [1.29, 1.82) is 0 Å². The molecule has 0 spiro atoms. The lowest BCUT2D eigenvalue weighted by Crippen LogP contribution is -2.35. The molecule has 0 aliphatic carbocycles. The number of carbonyl (C=O) groups excluding carboxylic acids is 1. The molecule has 0 radical (unpaired) electrons. The molecule has 2 rings (SSSR count). The monoisotopic (exact) mass is 397 g/mol. The van der Waals surface area contributed by atoms with Crippen LogP contribution >= 0.6 is 0 Å². The molecule has 0 heterocycles. The number of hydrogen-bond donors (Lipinski definition) is 1. The van der Waals surface area contributed by atoms with E-state index in [1.165, 1.54) is 0 Å². The maximum Gasteiger partial charge on any atom is 0.410 e. The van der Waals surface area contributed by atoms with Gasteiger partial charge in [-0.05, 0) is 44.0 Å². The lowest BCUT2D eigenvalue weighted by molar-refractivity contribution is 0.0278. The van der Waals surface area contributed by atoms with Crippen molar-refractivity contribution in [3.05, 3.63) is 71.8 Å². The summed E-state index contributed by atoms with van der Waals surface area (Å²) in [5.74, 6) is 0.750. The number of amides is 1. The third-order valence-corrected chi connectivity index (χ3v) is 4.18. The molecule has 0 aliphatic heterocycles. The van der Waals surface area contributed by atoms with Gasteiger partial charge < -0.3 is 19.5 Å². The van der Waals surface area contributed by atoms with Gasteiger partial charge in [0.25, 0.3) is 0 Å². The van der Waals surface area contributed by atoms with Crippen LogP contribution in [-0.4, -0.2) is 41.9 Å². The van der Waals surface area contributed by atoms with Crippen LogP contribution in [-0.2, 0) is 4.74 Å². The van der Waals surface area contributed by atoms with Crippen molar-refractivity contribution in [2.75, 3.05) is 20.2 Å². The van der Waals surface area contributed by atoms with Gasteiger partial charge in [-0.1, -0.05) is 54.6 Å². The first-order chi connectivity index (χ1) is 13.8. The second kappa shape index (κ2) is 10.7. The van der Waals surface area contributed by atoms with Crippen molar-refractivity contribution in [2.45, 2.75) is 38.9 Å². The molecular weight excluding hydrogens is 366 g/mol. The van der Waals surface area contributed by atoms with Gasteiger partial charge in [-0.25, -0.2) is 4.79 Å². The van der Waals surface area contributed by atoms with Gasteiger partial charge in [0.05, 0.1) is 6.61 Å². The molecule has 1 unspecified atom stereocenters. The van der Waals surface area contributed by atoms with Crippen molar-refractivity contribution in [3.8, 4) is 5.75 Å². The molecule has 2 aromatic rings. The van der Waals surface area contributed by atoms with E-state index >= 15 is 0 Å². The number of rotatable bonds is 8. The van der Waals surface area contributed by atoms with Crippen molar-refractivity contribution in [2.24, 2.45) is 0 Å². The summed E-state index contributed by atoms with van der Waals surface area (Å²) < 4.78 is 11.7. The van der Waals surface area contributed by atoms with E-state index in [1.807, 2.05) is 81.4 Å². The van der Waals surface area contributed by atoms with E-state index in [4.69, 9.17) is 14.6 Å². The van der Waals surface area contributed by atoms with E-state index < -0.39 is 5.60 Å². The molecule has 0 saturated carbocycles. The number of ether oxygens (including phenoxy) is 2. The molecule has 5 heteroatoms. The molecule has 0 saturated heterocycles. The summed E-state index contributed by atoms with van der Waals surface area (Å²) in [6.07, 6.45) is 3.64. The van der Waals surface area contributed by atoms with E-state index in [-0.39, 0.29) is 18.8 Å². The first-order valence-electron chi connectivity index (χ1n) is 9.81. The zero-order valence-electron chi connectivity index (χ0n) is 17.7. The predicted molar refractivity (Wildman–Crippen MR) is 116 cm³/mol. The number of hydrogen-bond acceptors (Lipinski definition) is 4. The van der Waals surface area contributed by atoms with Gasteiger partial charge in [0, 0.05) is 20.0 Å². The molecule has 29 heavy (non-hydrogen) atoms. The van der Waals surface area contributed by atoms with Gasteiger partial charge in [-0.15, -0.1) is 0 Å². The van der Waals surface area contributed by atoms with Gasteiger partial charge in [0.15, 0.2) is 0 Å². The van der Waals surface area contributed by atoms with Crippen LogP contribution in [0.3, 0.4) is 0 Å². The molecule has 1 amide bonds. The average molecular weight is 398 g/mol. The number of nitrogens with zero attached hydrogens (tertiary/aromatic N) is 1. The number of aliphatic hydroxyl groups is 1. The maximum absolute atomic E-state index is 12.2. The Morgan fingerprint density at radius 2 is 1.76 bits per heavy atom. The van der Waals surface area contributed by atoms with Crippen molar-refractivity contribution in [3.63, 3.8) is 0 Å². The Morgan fingerprint density at radius 1 is 1.10 bits per heavy atom. The first-order valence-corrected chi connectivity index (χ1v) is 9.81. The highest BCUT2D eigenvalue weighted by Gasteiger charge is 2.21. The van der Waals surface area contributed by atoms with Crippen molar-refractivity contribution < 1.29 is 19.4 Å². The Balaban J connectivity index is 2.06. The second-order valence-corrected chi connectivity index (χ2v) is 7.86. The summed E-state index contributed by atoms with van der Waals surface area (Å²) in [6, 6.07) is 17.7. The van der Waals surface area contributed by atoms with Gasteiger partial charge in [-0.2, -0.15) is 0 Å². The fourth-order valence-electron chi connectivity index (χ4n) is 2.71. The van der Waals surface area contributed by atoms with Crippen LogP contribution in [0.25, 0.3) is 6.08 Å². The number of benzene rings is 2. The topological polar surface area (TPSA) is 59.0 Å². The third-order valence-electron chi connectivity index (χ3n) is 4.18. The summed E-state index contributed by atoms with van der Waals surface area (Å²) in [4.78, 5) is 13.8. The minimum absolute atomic E-state index is 0.0134. The second-order valence-electron chi connectivity index (χ2n) is 7.86. The number of aliphatic hydroxyl groups excluding tert-OH is 1.